The van der Waals surface area contributed by atoms with Gasteiger partial charge in [0.2, 0.25) is 21.8 Å². The number of esters is 1. The Hall–Kier alpha value is -4.24. The summed E-state index contributed by atoms with van der Waals surface area (Å²) in [4.78, 5) is 55.1. The Morgan fingerprint density at radius 3 is 2.48 bits per heavy atom. The van der Waals surface area contributed by atoms with Gasteiger partial charge in [0.1, 0.15) is 6.04 Å². The first kappa shape index (κ1) is 36.2. The van der Waals surface area contributed by atoms with Crippen molar-refractivity contribution < 1.29 is 37.4 Å². The number of carboxylic acids is 1. The first-order valence-electron chi connectivity index (χ1n) is 15.1. The van der Waals surface area contributed by atoms with E-state index < -0.39 is 64.1 Å². The maximum atomic E-state index is 14.2. The van der Waals surface area contributed by atoms with Crippen molar-refractivity contribution in [1.82, 2.24) is 19.8 Å². The smallest absolute Gasteiger partial charge is 0.332 e. The van der Waals surface area contributed by atoms with E-state index in [1.165, 1.54) is 19.2 Å². The lowest BCUT2D eigenvalue weighted by molar-refractivity contribution is -0.170. The zero-order chi connectivity index (χ0) is 34.2. The summed E-state index contributed by atoms with van der Waals surface area (Å²) in [6, 6.07) is 9.84. The average Bonchev–Trinajstić information content (AvgIpc) is 3.04. The highest BCUT2D eigenvalue weighted by molar-refractivity contribution is 7.89. The van der Waals surface area contributed by atoms with E-state index >= 15 is 0 Å². The predicted octanol–water partition coefficient (Wildman–Crippen LogP) is 1.49. The molecule has 0 saturated carbocycles. The maximum Gasteiger partial charge on any atom is 0.332 e. The number of amides is 2. The van der Waals surface area contributed by atoms with Crippen LogP contribution in [-0.4, -0.2) is 98.4 Å². The number of benzene rings is 2. The van der Waals surface area contributed by atoms with Crippen LogP contribution in [0.4, 0.5) is 0 Å². The summed E-state index contributed by atoms with van der Waals surface area (Å²) in [7, 11) is -2.12. The summed E-state index contributed by atoms with van der Waals surface area (Å²) >= 11 is 0. The second-order valence-corrected chi connectivity index (χ2v) is 13.4. The van der Waals surface area contributed by atoms with Gasteiger partial charge in [-0.1, -0.05) is 50.6 Å². The third kappa shape index (κ3) is 8.31. The highest BCUT2D eigenvalue weighted by atomic mass is 32.2. The molecule has 0 unspecified atom stereocenters. The number of rotatable bonds is 14. The van der Waals surface area contributed by atoms with E-state index in [4.69, 9.17) is 15.9 Å². The molecule has 1 saturated heterocycles. The second-order valence-electron chi connectivity index (χ2n) is 11.7. The molecule has 15 heteroatoms. The number of ether oxygens (including phenoxy) is 1. The third-order valence-electron chi connectivity index (χ3n) is 8.78. The van der Waals surface area contributed by atoms with E-state index in [-0.39, 0.29) is 29.7 Å². The first-order valence-corrected chi connectivity index (χ1v) is 16.6. The molecule has 1 aliphatic rings. The molecule has 1 fully saturated rings. The van der Waals surface area contributed by atoms with Crippen LogP contribution < -0.4 is 15.8 Å². The highest BCUT2D eigenvalue weighted by Crippen LogP contribution is 2.33. The Bertz CT molecular complexity index is 1570. The van der Waals surface area contributed by atoms with Crippen molar-refractivity contribution >= 4 is 50.5 Å². The Morgan fingerprint density at radius 2 is 1.87 bits per heavy atom. The van der Waals surface area contributed by atoms with E-state index in [2.05, 4.69) is 10.0 Å². The van der Waals surface area contributed by atoms with Crippen LogP contribution in [0.25, 0.3) is 10.8 Å². The molecule has 0 bridgehead atoms. The van der Waals surface area contributed by atoms with E-state index in [0.717, 1.165) is 30.2 Å². The van der Waals surface area contributed by atoms with Gasteiger partial charge in [-0.3, -0.25) is 19.8 Å². The molecule has 252 valence electrons. The summed E-state index contributed by atoms with van der Waals surface area (Å²) in [5, 5.41) is 21.7. The van der Waals surface area contributed by atoms with Crippen LogP contribution in [0.3, 0.4) is 0 Å². The van der Waals surface area contributed by atoms with Gasteiger partial charge in [0, 0.05) is 26.7 Å². The first-order chi connectivity index (χ1) is 21.7. The third-order valence-corrected chi connectivity index (χ3v) is 10.2. The summed E-state index contributed by atoms with van der Waals surface area (Å²) in [5.41, 5.74) is 3.63. The van der Waals surface area contributed by atoms with Gasteiger partial charge in [-0.25, -0.2) is 13.2 Å². The van der Waals surface area contributed by atoms with Gasteiger partial charge in [-0.05, 0) is 47.6 Å². The van der Waals surface area contributed by atoms with Crippen LogP contribution in [0.2, 0.25) is 0 Å². The molecule has 1 aliphatic heterocycles. The van der Waals surface area contributed by atoms with Crippen molar-refractivity contribution in [2.45, 2.75) is 62.4 Å². The second kappa shape index (κ2) is 15.4. The lowest BCUT2D eigenvalue weighted by atomic mass is 9.78. The average molecular weight is 661 g/mol. The topological polar surface area (TPSA) is 212 Å². The molecule has 14 nitrogen and oxygen atoms in total. The Labute approximate surface area is 269 Å². The van der Waals surface area contributed by atoms with E-state index in [1.54, 1.807) is 36.9 Å². The molecule has 2 amide bonds. The van der Waals surface area contributed by atoms with Crippen LogP contribution in [0.5, 0.6) is 0 Å². The normalized spacial score (nSPS) is 17.7. The van der Waals surface area contributed by atoms with Crippen LogP contribution in [0.15, 0.2) is 47.4 Å². The number of likely N-dealkylation sites (tertiary alicyclic amines) is 1. The number of guanidine groups is 1. The number of nitrogens with one attached hydrogen (secondary N) is 3. The largest absolute Gasteiger partial charge is 0.481 e. The number of fused-ring (bicyclic) bond motifs is 1. The van der Waals surface area contributed by atoms with E-state index in [9.17, 15) is 32.7 Å². The monoisotopic (exact) mass is 660 g/mol. The lowest BCUT2D eigenvalue weighted by Gasteiger charge is -2.43. The fraction of sp³-hybridized carbons (Fsp3) is 0.516. The molecule has 6 N–H and O–H groups in total. The summed E-state index contributed by atoms with van der Waals surface area (Å²) in [6.07, 6.45) is 0.389. The fourth-order valence-electron chi connectivity index (χ4n) is 5.94. The van der Waals surface area contributed by atoms with E-state index in [1.807, 2.05) is 12.1 Å². The van der Waals surface area contributed by atoms with Crippen LogP contribution in [0.1, 0.15) is 46.0 Å². The molecule has 0 aliphatic carbocycles. The Balaban J connectivity index is 1.96. The number of hydrogen-bond donors (Lipinski definition) is 5. The number of nitrogens with zero attached hydrogens (tertiary/aromatic N) is 2. The number of piperidine rings is 1. The van der Waals surface area contributed by atoms with Gasteiger partial charge in [0.25, 0.3) is 0 Å². The minimum atomic E-state index is -4.40. The summed E-state index contributed by atoms with van der Waals surface area (Å²) in [6.45, 7) is 4.61. The predicted molar refractivity (Wildman–Crippen MR) is 171 cm³/mol. The van der Waals surface area contributed by atoms with Crippen LogP contribution >= 0.6 is 0 Å². The van der Waals surface area contributed by atoms with Gasteiger partial charge in [0.15, 0.2) is 11.5 Å². The number of hydrogen-bond acceptors (Lipinski definition) is 8. The number of sulfonamides is 1. The molecule has 3 rings (SSSR count). The molecule has 46 heavy (non-hydrogen) atoms. The minimum Gasteiger partial charge on any atom is -0.481 e. The van der Waals surface area contributed by atoms with Crippen molar-refractivity contribution in [3.8, 4) is 0 Å². The van der Waals surface area contributed by atoms with Crippen molar-refractivity contribution in [1.29, 1.82) is 5.41 Å². The van der Waals surface area contributed by atoms with Crippen LogP contribution in [-0.2, 0) is 33.9 Å². The molecule has 4 atom stereocenters. The van der Waals surface area contributed by atoms with Gasteiger partial charge in [-0.15, -0.1) is 0 Å². The fourth-order valence-corrected chi connectivity index (χ4v) is 7.17. The zero-order valence-corrected chi connectivity index (χ0v) is 27.4. The number of likely N-dealkylation sites (N-methyl/N-ethyl adjacent to an activating group) is 1. The van der Waals surface area contributed by atoms with Gasteiger partial charge >= 0.3 is 11.9 Å². The summed E-state index contributed by atoms with van der Waals surface area (Å²) < 4.78 is 34.7. The molecular weight excluding hydrogens is 616 g/mol. The van der Waals surface area contributed by atoms with E-state index in [0.29, 0.717) is 18.5 Å². The maximum absolute atomic E-state index is 14.2. The van der Waals surface area contributed by atoms with Gasteiger partial charge in [0.05, 0.1) is 24.8 Å². The van der Waals surface area contributed by atoms with Crippen molar-refractivity contribution in [3.63, 3.8) is 0 Å². The highest BCUT2D eigenvalue weighted by Gasteiger charge is 2.52. The number of aliphatic carboxylic acids is 1. The molecule has 1 heterocycles. The quantitative estimate of drug-likeness (QED) is 0.112. The van der Waals surface area contributed by atoms with Crippen molar-refractivity contribution in [3.05, 3.63) is 42.5 Å². The standard InChI is InChI=1S/C31H44N6O8S/c1-5-20(2)31(17-27(39)40,29(42)45-4)36(3)28(41)25(16-26(38)34-18-21-9-8-14-37(19-21)30(32)33)35-46(43,44)24-13-12-22-10-6-7-11-23(22)15-24/h6-7,10-13,15,20-21,25,35H,5,8-9,14,16-19H2,1-4H3,(H3,32,33)(H,34,38)(H,39,40)/t20-,21-,25-,31-/m0/s1. The molecule has 2 aromatic carbocycles. The number of carbonyl (C=O) groups excluding carboxylic acids is 3. The van der Waals surface area contributed by atoms with Crippen molar-refractivity contribution in [2.75, 3.05) is 33.8 Å². The van der Waals surface area contributed by atoms with Crippen molar-refractivity contribution in [2.24, 2.45) is 17.6 Å². The number of carboxylic acid groups (broad SMARTS) is 1. The minimum absolute atomic E-state index is 0.0272. The SMILES string of the molecule is CC[C@H](C)[C@@](CC(=O)O)(C(=O)OC)N(C)C(=O)[C@H](CC(=O)NC[C@@H]1CCCN(C(=N)N)C1)NS(=O)(=O)c1ccc2ccccc2c1. The number of carbonyl (C=O) groups is 4. The Morgan fingerprint density at radius 1 is 1.20 bits per heavy atom. The zero-order valence-electron chi connectivity index (χ0n) is 26.6. The lowest BCUT2D eigenvalue weighted by Crippen LogP contribution is -2.64. The molecule has 0 aromatic heterocycles. The summed E-state index contributed by atoms with van der Waals surface area (Å²) in [5.74, 6) is -4.78. The number of nitrogens with two attached hydrogens (primary N) is 1. The molecular formula is C31H44N6O8S. The Kier molecular flexibility index (Phi) is 12.1. The number of methoxy groups -OCH3 is 1. The molecule has 0 spiro atoms. The molecule has 0 radical (unpaired) electrons. The molecule has 2 aromatic rings. The van der Waals surface area contributed by atoms with Gasteiger partial charge in [-0.2, -0.15) is 4.72 Å². The van der Waals surface area contributed by atoms with Gasteiger partial charge < -0.3 is 30.7 Å². The van der Waals surface area contributed by atoms with Crippen LogP contribution in [0, 0.1) is 17.2 Å².